The van der Waals surface area contributed by atoms with Crippen LogP contribution in [0, 0.1) is 11.2 Å². The summed E-state index contributed by atoms with van der Waals surface area (Å²) in [5, 5.41) is 22.0. The van der Waals surface area contributed by atoms with Gasteiger partial charge in [0.15, 0.2) is 11.5 Å². The number of aromatic amines is 1. The molecule has 0 bridgehead atoms. The predicted octanol–water partition coefficient (Wildman–Crippen LogP) is 3.00. The summed E-state index contributed by atoms with van der Waals surface area (Å²) in [6.07, 6.45) is 1.09. The molecule has 2 unspecified atom stereocenters. The number of H-pyrrole nitrogens is 1. The third kappa shape index (κ3) is 3.80. The maximum atomic E-state index is 14.8. The van der Waals surface area contributed by atoms with E-state index >= 15 is 0 Å². The zero-order valence-electron chi connectivity index (χ0n) is 16.6. The summed E-state index contributed by atoms with van der Waals surface area (Å²) in [4.78, 5) is 10.7. The van der Waals surface area contributed by atoms with Gasteiger partial charge in [0.05, 0.1) is 17.2 Å². The lowest BCUT2D eigenvalue weighted by Gasteiger charge is -2.41. The number of fused-ring (bicyclic) bond motifs is 1. The monoisotopic (exact) mass is 418 g/mol. The minimum absolute atomic E-state index is 0.120. The average Bonchev–Trinajstić information content (AvgIpc) is 3.11. The maximum Gasteiger partial charge on any atom is 0.155 e. The summed E-state index contributed by atoms with van der Waals surface area (Å²) in [6.45, 7) is 7.81. The highest BCUT2D eigenvalue weighted by molar-refractivity contribution is 6.33. The molecule has 3 aromatic heterocycles. The number of rotatable bonds is 3. The van der Waals surface area contributed by atoms with Crippen LogP contribution < -0.4 is 10.2 Å². The SMILES string of the molecule is CC(C)(C)C(O)C1CN(c2nc(-c3n[nH]c4ncccc34)c(F)cc2Cl)CCN1. The fourth-order valence-electron chi connectivity index (χ4n) is 3.67. The van der Waals surface area contributed by atoms with Gasteiger partial charge in [0.25, 0.3) is 0 Å². The molecule has 1 saturated heterocycles. The maximum absolute atomic E-state index is 14.8. The molecule has 1 aliphatic rings. The highest BCUT2D eigenvalue weighted by atomic mass is 35.5. The zero-order chi connectivity index (χ0) is 20.8. The Hall–Kier alpha value is -2.29. The number of halogens is 2. The molecule has 4 heterocycles. The van der Waals surface area contributed by atoms with E-state index in [-0.39, 0.29) is 22.2 Å². The highest BCUT2D eigenvalue weighted by Crippen LogP contribution is 2.33. The van der Waals surface area contributed by atoms with Crippen LogP contribution in [0.5, 0.6) is 0 Å². The summed E-state index contributed by atoms with van der Waals surface area (Å²) in [5.41, 5.74) is 0.808. The van der Waals surface area contributed by atoms with E-state index in [4.69, 9.17) is 11.6 Å². The Morgan fingerprint density at radius 3 is 2.90 bits per heavy atom. The number of aromatic nitrogens is 4. The number of hydrogen-bond donors (Lipinski definition) is 3. The quantitative estimate of drug-likeness (QED) is 0.605. The molecule has 4 rings (SSSR count). The van der Waals surface area contributed by atoms with E-state index in [0.29, 0.717) is 42.2 Å². The van der Waals surface area contributed by atoms with Gasteiger partial charge >= 0.3 is 0 Å². The smallest absolute Gasteiger partial charge is 0.155 e. The van der Waals surface area contributed by atoms with E-state index in [1.165, 1.54) is 6.07 Å². The Morgan fingerprint density at radius 2 is 2.14 bits per heavy atom. The second-order valence-corrected chi connectivity index (χ2v) is 8.82. The number of nitrogens with zero attached hydrogens (tertiary/aromatic N) is 4. The van der Waals surface area contributed by atoms with Crippen molar-refractivity contribution in [2.24, 2.45) is 5.41 Å². The summed E-state index contributed by atoms with van der Waals surface area (Å²) in [5.74, 6) is -0.0619. The van der Waals surface area contributed by atoms with Crippen molar-refractivity contribution in [2.45, 2.75) is 32.9 Å². The van der Waals surface area contributed by atoms with Crippen molar-refractivity contribution in [3.05, 3.63) is 35.2 Å². The fourth-order valence-corrected chi connectivity index (χ4v) is 3.92. The Morgan fingerprint density at radius 1 is 1.34 bits per heavy atom. The molecule has 2 atom stereocenters. The standard InChI is InChI=1S/C20H24ClFN6O/c1-20(2,3)17(29)14-10-28(8-7-23-14)19-12(21)9-13(22)16(25-19)15-11-5-4-6-24-18(11)27-26-15/h4-6,9,14,17,23,29H,7-8,10H2,1-3H3,(H,24,26,27). The predicted molar refractivity (Wildman–Crippen MR) is 112 cm³/mol. The van der Waals surface area contributed by atoms with Gasteiger partial charge in [0.2, 0.25) is 0 Å². The number of aliphatic hydroxyl groups is 1. The zero-order valence-corrected chi connectivity index (χ0v) is 17.3. The first-order chi connectivity index (χ1) is 13.8. The van der Waals surface area contributed by atoms with Crippen LogP contribution in [-0.4, -0.2) is 57.1 Å². The van der Waals surface area contributed by atoms with Gasteiger partial charge in [-0.2, -0.15) is 5.10 Å². The molecule has 1 aliphatic heterocycles. The van der Waals surface area contributed by atoms with Crippen LogP contribution in [0.4, 0.5) is 10.2 Å². The first-order valence-electron chi connectivity index (χ1n) is 9.57. The molecule has 0 aliphatic carbocycles. The summed E-state index contributed by atoms with van der Waals surface area (Å²) in [6, 6.07) is 4.71. The van der Waals surface area contributed by atoms with Gasteiger partial charge in [-0.25, -0.2) is 14.4 Å². The lowest BCUT2D eigenvalue weighted by molar-refractivity contribution is 0.0278. The van der Waals surface area contributed by atoms with Crippen LogP contribution >= 0.6 is 11.6 Å². The topological polar surface area (TPSA) is 90.0 Å². The van der Waals surface area contributed by atoms with Crippen molar-refractivity contribution in [2.75, 3.05) is 24.5 Å². The minimum Gasteiger partial charge on any atom is -0.391 e. The van der Waals surface area contributed by atoms with Crippen molar-refractivity contribution in [1.82, 2.24) is 25.5 Å². The van der Waals surface area contributed by atoms with Crippen molar-refractivity contribution in [3.8, 4) is 11.4 Å². The van der Waals surface area contributed by atoms with E-state index in [9.17, 15) is 9.50 Å². The molecule has 3 aromatic rings. The molecule has 3 N–H and O–H groups in total. The van der Waals surface area contributed by atoms with Gasteiger partial charge in [-0.05, 0) is 23.6 Å². The lowest BCUT2D eigenvalue weighted by atomic mass is 9.84. The molecule has 0 radical (unpaired) electrons. The van der Waals surface area contributed by atoms with Crippen LogP contribution in [0.1, 0.15) is 20.8 Å². The van der Waals surface area contributed by atoms with Crippen molar-refractivity contribution in [1.29, 1.82) is 0 Å². The number of pyridine rings is 2. The average molecular weight is 419 g/mol. The Balaban J connectivity index is 1.71. The third-order valence-electron chi connectivity index (χ3n) is 5.25. The van der Waals surface area contributed by atoms with Gasteiger partial charge in [-0.3, -0.25) is 5.10 Å². The molecule has 7 nitrogen and oxygen atoms in total. The number of piperazine rings is 1. The number of anilines is 1. The van der Waals surface area contributed by atoms with Crippen LogP contribution in [0.15, 0.2) is 24.4 Å². The first-order valence-corrected chi connectivity index (χ1v) is 9.95. The summed E-state index contributed by atoms with van der Waals surface area (Å²) < 4.78 is 14.8. The molecule has 154 valence electrons. The molecule has 1 fully saturated rings. The first kappa shape index (κ1) is 20.0. The number of hydrogen-bond acceptors (Lipinski definition) is 6. The van der Waals surface area contributed by atoms with Crippen LogP contribution in [-0.2, 0) is 0 Å². The van der Waals surface area contributed by atoms with Gasteiger partial charge in [-0.1, -0.05) is 32.4 Å². The third-order valence-corrected chi connectivity index (χ3v) is 5.52. The van der Waals surface area contributed by atoms with Crippen LogP contribution in [0.2, 0.25) is 5.02 Å². The highest BCUT2D eigenvalue weighted by Gasteiger charge is 2.34. The Kier molecular flexibility index (Phi) is 5.18. The van der Waals surface area contributed by atoms with E-state index < -0.39 is 11.9 Å². The van der Waals surface area contributed by atoms with Crippen LogP contribution in [0.25, 0.3) is 22.4 Å². The second kappa shape index (κ2) is 7.51. The van der Waals surface area contributed by atoms with Crippen molar-refractivity contribution in [3.63, 3.8) is 0 Å². The fraction of sp³-hybridized carbons (Fsp3) is 0.450. The molecule has 0 saturated carbocycles. The van der Waals surface area contributed by atoms with Gasteiger partial charge < -0.3 is 15.3 Å². The molecule has 29 heavy (non-hydrogen) atoms. The van der Waals surface area contributed by atoms with Gasteiger partial charge in [-0.15, -0.1) is 0 Å². The molecule has 0 amide bonds. The number of nitrogens with one attached hydrogen (secondary N) is 2. The van der Waals surface area contributed by atoms with Gasteiger partial charge in [0, 0.05) is 31.2 Å². The van der Waals surface area contributed by atoms with Crippen molar-refractivity contribution < 1.29 is 9.50 Å². The number of aliphatic hydroxyl groups excluding tert-OH is 1. The van der Waals surface area contributed by atoms with E-state index in [2.05, 4.69) is 25.5 Å². The lowest BCUT2D eigenvalue weighted by Crippen LogP contribution is -2.58. The van der Waals surface area contributed by atoms with Gasteiger partial charge in [0.1, 0.15) is 17.2 Å². The van der Waals surface area contributed by atoms with E-state index in [0.717, 1.165) is 0 Å². The Bertz CT molecular complexity index is 1030. The molecule has 0 aromatic carbocycles. The van der Waals surface area contributed by atoms with Crippen LogP contribution in [0.3, 0.4) is 0 Å². The summed E-state index contributed by atoms with van der Waals surface area (Å²) in [7, 11) is 0. The minimum atomic E-state index is -0.551. The molecule has 9 heteroatoms. The van der Waals surface area contributed by atoms with E-state index in [1.54, 1.807) is 12.3 Å². The molecular weight excluding hydrogens is 395 g/mol. The molecular formula is C20H24ClFN6O. The molecule has 0 spiro atoms. The second-order valence-electron chi connectivity index (χ2n) is 8.41. The normalized spacial score (nSPS) is 19.0. The van der Waals surface area contributed by atoms with Crippen molar-refractivity contribution >= 4 is 28.5 Å². The summed E-state index contributed by atoms with van der Waals surface area (Å²) >= 11 is 6.36. The Labute approximate surface area is 173 Å². The van der Waals surface area contributed by atoms with E-state index in [1.807, 2.05) is 31.7 Å². The largest absolute Gasteiger partial charge is 0.391 e.